The molecule has 3 rings (SSSR count). The van der Waals surface area contributed by atoms with E-state index in [1.807, 2.05) is 20.8 Å². The Morgan fingerprint density at radius 2 is 1.73 bits per heavy atom. The van der Waals surface area contributed by atoms with E-state index in [-0.39, 0.29) is 9.82 Å². The maximum atomic E-state index is 12.8. The molecule has 1 aliphatic rings. The van der Waals surface area contributed by atoms with Gasteiger partial charge in [-0.25, -0.2) is 17.4 Å². The van der Waals surface area contributed by atoms with Crippen LogP contribution in [0, 0.1) is 17.0 Å². The molecule has 0 saturated carbocycles. The molecule has 1 aromatic carbocycles. The number of rotatable bonds is 4. The Kier molecular flexibility index (Phi) is 4.70. The lowest BCUT2D eigenvalue weighted by atomic mass is 9.80. The summed E-state index contributed by atoms with van der Waals surface area (Å²) >= 11 is 0. The van der Waals surface area contributed by atoms with Crippen molar-refractivity contribution in [2.24, 2.45) is 0 Å². The summed E-state index contributed by atoms with van der Waals surface area (Å²) in [6.45, 7) is 5.74. The Morgan fingerprint density at radius 3 is 2.35 bits per heavy atom. The van der Waals surface area contributed by atoms with E-state index in [1.54, 1.807) is 24.3 Å². The number of hydrogen-bond donors (Lipinski definition) is 0. The van der Waals surface area contributed by atoms with Gasteiger partial charge in [-0.2, -0.15) is 0 Å². The highest BCUT2D eigenvalue weighted by Crippen LogP contribution is 2.37. The maximum Gasteiger partial charge on any atom is 0.268 e. The summed E-state index contributed by atoms with van der Waals surface area (Å²) in [4.78, 5) is 15.6. The monoisotopic (exact) mass is 375 g/mol. The van der Waals surface area contributed by atoms with Crippen LogP contribution in [-0.4, -0.2) is 28.3 Å². The Balaban J connectivity index is 1.96. The molecule has 1 aromatic heterocycles. The first-order valence-electron chi connectivity index (χ1n) is 8.35. The fourth-order valence-corrected chi connectivity index (χ4v) is 4.41. The highest BCUT2D eigenvalue weighted by molar-refractivity contribution is 7.90. The molecular weight excluding hydrogens is 354 g/mol. The molecule has 0 N–H and O–H groups in total. The van der Waals surface area contributed by atoms with Crippen LogP contribution in [0.4, 0.5) is 0 Å². The smallest absolute Gasteiger partial charge is 0.264 e. The molecule has 0 unspecified atom stereocenters. The zero-order valence-electron chi connectivity index (χ0n) is 14.9. The molecule has 0 aliphatic heterocycles. The molecule has 0 radical (unpaired) electrons. The van der Waals surface area contributed by atoms with Crippen LogP contribution in [-0.2, 0) is 10.0 Å². The van der Waals surface area contributed by atoms with Crippen molar-refractivity contribution in [2.45, 2.75) is 50.5 Å². The highest BCUT2D eigenvalue weighted by atomic mass is 32.2. The van der Waals surface area contributed by atoms with Crippen molar-refractivity contribution >= 4 is 10.0 Å². The first-order chi connectivity index (χ1) is 12.2. The Morgan fingerprint density at radius 1 is 1.12 bits per heavy atom. The number of aryl methyl sites for hydroxylation is 1. The Bertz CT molecular complexity index is 974. The lowest BCUT2D eigenvalue weighted by Gasteiger charge is -2.26. The van der Waals surface area contributed by atoms with Crippen LogP contribution in [0.5, 0.6) is 0 Å². The van der Waals surface area contributed by atoms with Crippen LogP contribution in [0.15, 0.2) is 52.8 Å². The van der Waals surface area contributed by atoms with Crippen molar-refractivity contribution in [3.05, 3.63) is 69.3 Å². The zero-order chi connectivity index (χ0) is 19.1. The number of nitrogens with zero attached hydrogens (tertiary/aromatic N) is 3. The first kappa shape index (κ1) is 18.3. The van der Waals surface area contributed by atoms with Gasteiger partial charge >= 0.3 is 0 Å². The normalized spacial score (nSPS) is 21.0. The molecule has 2 aromatic rings. The van der Waals surface area contributed by atoms with Crippen molar-refractivity contribution in [1.82, 2.24) is 8.96 Å². The summed E-state index contributed by atoms with van der Waals surface area (Å²) in [5, 5.41) is 11.5. The average Bonchev–Trinajstić information content (AvgIpc) is 3.08. The quantitative estimate of drug-likeness (QED) is 0.464. The van der Waals surface area contributed by atoms with Gasteiger partial charge in [0.2, 0.25) is 6.04 Å². The lowest BCUT2D eigenvalue weighted by Crippen LogP contribution is -2.31. The average molecular weight is 375 g/mol. The van der Waals surface area contributed by atoms with Gasteiger partial charge in [0.15, 0.2) is 0 Å². The van der Waals surface area contributed by atoms with E-state index in [9.17, 15) is 18.5 Å². The predicted octanol–water partition coefficient (Wildman–Crippen LogP) is 3.29. The summed E-state index contributed by atoms with van der Waals surface area (Å²) in [5.74, 6) is -0.428. The van der Waals surface area contributed by atoms with E-state index in [2.05, 4.69) is 4.98 Å². The predicted molar refractivity (Wildman–Crippen MR) is 97.1 cm³/mol. The molecule has 2 atom stereocenters. The van der Waals surface area contributed by atoms with Crippen LogP contribution >= 0.6 is 0 Å². The van der Waals surface area contributed by atoms with Crippen LogP contribution in [0.25, 0.3) is 0 Å². The molecule has 0 bridgehead atoms. The largest absolute Gasteiger partial charge is 0.268 e. The molecule has 8 heteroatoms. The van der Waals surface area contributed by atoms with Gasteiger partial charge in [0, 0.05) is 17.5 Å². The van der Waals surface area contributed by atoms with Gasteiger partial charge in [0.05, 0.1) is 16.5 Å². The highest BCUT2D eigenvalue weighted by Gasteiger charge is 2.38. The minimum absolute atomic E-state index is 0.161. The molecule has 138 valence electrons. The molecule has 0 saturated heterocycles. The van der Waals surface area contributed by atoms with Gasteiger partial charge in [0.25, 0.3) is 10.0 Å². The van der Waals surface area contributed by atoms with Gasteiger partial charge in [-0.1, -0.05) is 28.8 Å². The van der Waals surface area contributed by atoms with E-state index >= 15 is 0 Å². The van der Waals surface area contributed by atoms with Gasteiger partial charge in [-0.15, -0.1) is 0 Å². The Labute approximate surface area is 152 Å². The third-order valence-corrected chi connectivity index (χ3v) is 6.68. The van der Waals surface area contributed by atoms with E-state index in [0.29, 0.717) is 18.5 Å². The molecule has 7 nitrogen and oxygen atoms in total. The minimum Gasteiger partial charge on any atom is -0.264 e. The number of nitro groups is 1. The van der Waals surface area contributed by atoms with Crippen molar-refractivity contribution in [1.29, 1.82) is 0 Å². The maximum absolute atomic E-state index is 12.8. The van der Waals surface area contributed by atoms with E-state index in [1.165, 1.54) is 12.5 Å². The van der Waals surface area contributed by atoms with E-state index < -0.39 is 22.0 Å². The molecule has 0 spiro atoms. The van der Waals surface area contributed by atoms with Crippen molar-refractivity contribution < 1.29 is 13.3 Å². The second-order valence-electron chi connectivity index (χ2n) is 6.87. The number of aromatic nitrogens is 2. The van der Waals surface area contributed by atoms with Crippen molar-refractivity contribution in [3.63, 3.8) is 0 Å². The second-order valence-corrected chi connectivity index (χ2v) is 8.72. The molecule has 1 aliphatic carbocycles. The van der Waals surface area contributed by atoms with Crippen LogP contribution in [0.2, 0.25) is 0 Å². The van der Waals surface area contributed by atoms with E-state index in [0.717, 1.165) is 20.7 Å². The SMILES string of the molecule is CC1=C(C)C[C@H]([N+](=O)[O-])[C@@H](c2cn(S(=O)(=O)c3ccc(C)cc3)cn2)C1. The fourth-order valence-electron chi connectivity index (χ4n) is 3.27. The summed E-state index contributed by atoms with van der Waals surface area (Å²) in [7, 11) is -3.76. The standard InChI is InChI=1S/C18H21N3O4S/c1-12-4-6-15(7-5-12)26(24,25)20-10-17(19-11-20)16-8-13(2)14(3)9-18(16)21(22)23/h4-7,10-11,16,18H,8-9H2,1-3H3/t16-,18+/m1/s1. The lowest BCUT2D eigenvalue weighted by molar-refractivity contribution is -0.527. The molecule has 1 heterocycles. The third-order valence-electron chi connectivity index (χ3n) is 5.06. The van der Waals surface area contributed by atoms with Gasteiger partial charge in [-0.05, 0) is 39.3 Å². The zero-order valence-corrected chi connectivity index (χ0v) is 15.7. The number of imidazole rings is 1. The summed E-state index contributed by atoms with van der Waals surface area (Å²) in [6, 6.07) is 5.75. The molecule has 0 amide bonds. The molecule has 26 heavy (non-hydrogen) atoms. The molecular formula is C18H21N3O4S. The van der Waals surface area contributed by atoms with Gasteiger partial charge < -0.3 is 0 Å². The fraction of sp³-hybridized carbons (Fsp3) is 0.389. The van der Waals surface area contributed by atoms with Crippen molar-refractivity contribution in [2.75, 3.05) is 0 Å². The van der Waals surface area contributed by atoms with Crippen LogP contribution in [0.3, 0.4) is 0 Å². The number of hydrogen-bond acceptors (Lipinski definition) is 5. The topological polar surface area (TPSA) is 95.1 Å². The first-order valence-corrected chi connectivity index (χ1v) is 9.79. The Hall–Kier alpha value is -2.48. The van der Waals surface area contributed by atoms with Crippen LogP contribution in [0.1, 0.15) is 43.9 Å². The third kappa shape index (κ3) is 3.29. The summed E-state index contributed by atoms with van der Waals surface area (Å²) in [6.07, 6.45) is 3.51. The van der Waals surface area contributed by atoms with E-state index in [4.69, 9.17) is 0 Å². The summed E-state index contributed by atoms with van der Waals surface area (Å²) in [5.41, 5.74) is 3.52. The van der Waals surface area contributed by atoms with Crippen LogP contribution < -0.4 is 0 Å². The van der Waals surface area contributed by atoms with Gasteiger partial charge in [-0.3, -0.25) is 10.1 Å². The number of allylic oxidation sites excluding steroid dienone is 1. The van der Waals surface area contributed by atoms with Crippen molar-refractivity contribution in [3.8, 4) is 0 Å². The number of benzene rings is 1. The minimum atomic E-state index is -3.76. The molecule has 0 fully saturated rings. The second kappa shape index (κ2) is 6.68. The summed E-state index contributed by atoms with van der Waals surface area (Å²) < 4.78 is 26.6. The van der Waals surface area contributed by atoms with Gasteiger partial charge in [0.1, 0.15) is 6.33 Å².